The molecule has 2 rings (SSSR count). The Labute approximate surface area is 158 Å². The number of hydrogen-bond donors (Lipinski definition) is 2. The fraction of sp³-hybridized carbons (Fsp3) is 0.526. The van der Waals surface area contributed by atoms with Gasteiger partial charge >= 0.3 is 0 Å². The Morgan fingerprint density at radius 1 is 1.19 bits per heavy atom. The molecule has 1 unspecified atom stereocenters. The van der Waals surface area contributed by atoms with Crippen LogP contribution in [0.3, 0.4) is 0 Å². The number of carbonyl (C=O) groups is 3. The first-order chi connectivity index (χ1) is 12.6. The maximum absolute atomic E-state index is 11.7. The van der Waals surface area contributed by atoms with Crippen molar-refractivity contribution < 1.29 is 19.1 Å². The Morgan fingerprint density at radius 3 is 2.62 bits per heavy atom. The van der Waals surface area contributed by atoms with E-state index in [1.807, 2.05) is 24.3 Å². The molecule has 0 saturated carbocycles. The summed E-state index contributed by atoms with van der Waals surface area (Å²) in [7, 11) is 0. The van der Waals surface area contributed by atoms with Crippen molar-refractivity contribution in [1.29, 1.82) is 0 Å². The number of thioether (sulfide) groups is 1. The molecule has 142 valence electrons. The molecule has 1 saturated heterocycles. The molecule has 0 aromatic heterocycles. The third-order valence-electron chi connectivity index (χ3n) is 4.06. The molecule has 0 bridgehead atoms. The Bertz CT molecular complexity index is 618. The van der Waals surface area contributed by atoms with Crippen LogP contribution in [0.4, 0.5) is 4.79 Å². The fourth-order valence-corrected chi connectivity index (χ4v) is 3.48. The van der Waals surface area contributed by atoms with Crippen LogP contribution in [0.25, 0.3) is 0 Å². The molecule has 1 aromatic carbocycles. The molecule has 0 aliphatic carbocycles. The Morgan fingerprint density at radius 2 is 1.96 bits per heavy atom. The van der Waals surface area contributed by atoms with Crippen molar-refractivity contribution in [2.75, 3.05) is 13.2 Å². The van der Waals surface area contributed by atoms with Gasteiger partial charge in [-0.1, -0.05) is 50.1 Å². The summed E-state index contributed by atoms with van der Waals surface area (Å²) in [4.78, 5) is 34.4. The first kappa shape index (κ1) is 20.3. The van der Waals surface area contributed by atoms with Crippen LogP contribution in [0.1, 0.15) is 44.6 Å². The highest BCUT2D eigenvalue weighted by Gasteiger charge is 2.31. The number of amides is 3. The van der Waals surface area contributed by atoms with E-state index < -0.39 is 0 Å². The lowest BCUT2D eigenvalue weighted by Gasteiger charge is -2.09. The molecule has 26 heavy (non-hydrogen) atoms. The highest BCUT2D eigenvalue weighted by Crippen LogP contribution is 2.23. The summed E-state index contributed by atoms with van der Waals surface area (Å²) >= 11 is 1.03. The standard InChI is InChI=1S/C19H26N2O4S/c1-2-3-4-5-6-17(22)20-11-12-25-15-9-7-14(8-10-15)13-16-18(23)21-19(24)26-16/h7-10,16H,2-6,11-13H2,1H3,(H,20,22)(H,21,23,24). The third-order valence-corrected chi connectivity index (χ3v) is 5.04. The molecular formula is C19H26N2O4S. The van der Waals surface area contributed by atoms with E-state index in [4.69, 9.17) is 4.74 Å². The summed E-state index contributed by atoms with van der Waals surface area (Å²) in [6.07, 6.45) is 5.46. The van der Waals surface area contributed by atoms with Crippen LogP contribution in [-0.4, -0.2) is 35.5 Å². The number of carbonyl (C=O) groups excluding carboxylic acids is 3. The largest absolute Gasteiger partial charge is 0.492 e. The summed E-state index contributed by atoms with van der Waals surface area (Å²) in [6.45, 7) is 3.04. The fourth-order valence-electron chi connectivity index (χ4n) is 2.62. The zero-order valence-corrected chi connectivity index (χ0v) is 15.9. The van der Waals surface area contributed by atoms with Crippen molar-refractivity contribution in [3.05, 3.63) is 29.8 Å². The Balaban J connectivity index is 1.62. The SMILES string of the molecule is CCCCCCC(=O)NCCOc1ccc(CC2SC(=O)NC2=O)cc1. The highest BCUT2D eigenvalue weighted by atomic mass is 32.2. The molecule has 0 spiro atoms. The van der Waals surface area contributed by atoms with Crippen LogP contribution in [0, 0.1) is 0 Å². The van der Waals surface area contributed by atoms with Gasteiger partial charge in [-0.05, 0) is 30.5 Å². The van der Waals surface area contributed by atoms with Crippen LogP contribution in [0.15, 0.2) is 24.3 Å². The van der Waals surface area contributed by atoms with Crippen LogP contribution in [-0.2, 0) is 16.0 Å². The minimum Gasteiger partial charge on any atom is -0.492 e. The monoisotopic (exact) mass is 378 g/mol. The summed E-state index contributed by atoms with van der Waals surface area (Å²) in [5, 5.41) is 4.50. The molecule has 1 aromatic rings. The van der Waals surface area contributed by atoms with Crippen molar-refractivity contribution in [3.8, 4) is 5.75 Å². The zero-order valence-electron chi connectivity index (χ0n) is 15.1. The lowest BCUT2D eigenvalue weighted by molar-refractivity contribution is -0.121. The molecule has 6 nitrogen and oxygen atoms in total. The van der Waals surface area contributed by atoms with Crippen molar-refractivity contribution in [1.82, 2.24) is 10.6 Å². The summed E-state index contributed by atoms with van der Waals surface area (Å²) in [5.74, 6) is 0.554. The second-order valence-corrected chi connectivity index (χ2v) is 7.42. The first-order valence-corrected chi connectivity index (χ1v) is 9.96. The van der Waals surface area contributed by atoms with Crippen molar-refractivity contribution >= 4 is 28.8 Å². The van der Waals surface area contributed by atoms with Gasteiger partial charge in [-0.2, -0.15) is 0 Å². The van der Waals surface area contributed by atoms with Gasteiger partial charge < -0.3 is 10.1 Å². The predicted octanol–water partition coefficient (Wildman–Crippen LogP) is 3.05. The van der Waals surface area contributed by atoms with E-state index in [9.17, 15) is 14.4 Å². The highest BCUT2D eigenvalue weighted by molar-refractivity contribution is 8.15. The number of unbranched alkanes of at least 4 members (excludes halogenated alkanes) is 3. The van der Waals surface area contributed by atoms with E-state index in [0.29, 0.717) is 31.7 Å². The zero-order chi connectivity index (χ0) is 18.8. The van der Waals surface area contributed by atoms with Gasteiger partial charge in [-0.15, -0.1) is 0 Å². The number of ether oxygens (including phenoxy) is 1. The van der Waals surface area contributed by atoms with Crippen LogP contribution in [0.5, 0.6) is 5.75 Å². The number of nitrogens with one attached hydrogen (secondary N) is 2. The van der Waals surface area contributed by atoms with E-state index >= 15 is 0 Å². The average molecular weight is 378 g/mol. The molecular weight excluding hydrogens is 352 g/mol. The summed E-state index contributed by atoms with van der Waals surface area (Å²) in [5.41, 5.74) is 0.972. The molecule has 7 heteroatoms. The van der Waals surface area contributed by atoms with E-state index in [2.05, 4.69) is 17.6 Å². The van der Waals surface area contributed by atoms with Gasteiger partial charge in [0.15, 0.2) is 0 Å². The lowest BCUT2D eigenvalue weighted by atomic mass is 10.1. The van der Waals surface area contributed by atoms with Gasteiger partial charge in [0.05, 0.1) is 11.8 Å². The van der Waals surface area contributed by atoms with Crippen molar-refractivity contribution in [3.63, 3.8) is 0 Å². The van der Waals surface area contributed by atoms with Crippen molar-refractivity contribution in [2.45, 2.75) is 50.7 Å². The quantitative estimate of drug-likeness (QED) is 0.578. The molecule has 1 aliphatic heterocycles. The molecule has 2 N–H and O–H groups in total. The maximum Gasteiger partial charge on any atom is 0.286 e. The van der Waals surface area contributed by atoms with Crippen LogP contribution >= 0.6 is 11.8 Å². The van der Waals surface area contributed by atoms with Crippen LogP contribution < -0.4 is 15.4 Å². The number of benzene rings is 1. The molecule has 1 aliphatic rings. The van der Waals surface area contributed by atoms with Gasteiger partial charge in [0, 0.05) is 6.42 Å². The van der Waals surface area contributed by atoms with Gasteiger partial charge in [-0.25, -0.2) is 0 Å². The first-order valence-electron chi connectivity index (χ1n) is 9.08. The Hall–Kier alpha value is -2.02. The topological polar surface area (TPSA) is 84.5 Å². The normalized spacial score (nSPS) is 16.4. The average Bonchev–Trinajstić information content (AvgIpc) is 2.94. The molecule has 1 fully saturated rings. The predicted molar refractivity (Wildman–Crippen MR) is 102 cm³/mol. The van der Waals surface area contributed by atoms with E-state index in [0.717, 1.165) is 30.2 Å². The number of rotatable bonds is 11. The van der Waals surface area contributed by atoms with E-state index in [1.165, 1.54) is 12.8 Å². The molecule has 3 amide bonds. The van der Waals surface area contributed by atoms with Gasteiger partial charge in [0.1, 0.15) is 12.4 Å². The molecule has 1 heterocycles. The Kier molecular flexibility index (Phi) is 8.47. The van der Waals surface area contributed by atoms with Gasteiger partial charge in [0.2, 0.25) is 11.8 Å². The van der Waals surface area contributed by atoms with Gasteiger partial charge in [-0.3, -0.25) is 19.7 Å². The maximum atomic E-state index is 11.7. The minimum atomic E-state index is -0.359. The number of hydrogen-bond acceptors (Lipinski definition) is 5. The minimum absolute atomic E-state index is 0.0712. The smallest absolute Gasteiger partial charge is 0.286 e. The third kappa shape index (κ3) is 7.07. The summed E-state index contributed by atoms with van der Waals surface area (Å²) < 4.78 is 5.61. The molecule has 1 atom stereocenters. The van der Waals surface area contributed by atoms with E-state index in [1.54, 1.807) is 0 Å². The van der Waals surface area contributed by atoms with E-state index in [-0.39, 0.29) is 22.3 Å². The second-order valence-electron chi connectivity index (χ2n) is 6.24. The van der Waals surface area contributed by atoms with Crippen molar-refractivity contribution in [2.24, 2.45) is 0 Å². The molecule has 0 radical (unpaired) electrons. The van der Waals surface area contributed by atoms with Gasteiger partial charge in [0.25, 0.3) is 5.24 Å². The summed E-state index contributed by atoms with van der Waals surface area (Å²) in [6, 6.07) is 7.44. The lowest BCUT2D eigenvalue weighted by Crippen LogP contribution is -2.27. The second kappa shape index (κ2) is 10.9. The number of imide groups is 1. The van der Waals surface area contributed by atoms with Crippen LogP contribution in [0.2, 0.25) is 0 Å².